The largest absolute Gasteiger partial charge is 0.381 e. The fraction of sp³-hybridized carbons (Fsp3) is 0.167. The Morgan fingerprint density at radius 2 is 2.42 bits per heavy atom. The van der Waals surface area contributed by atoms with Crippen LogP contribution in [0.1, 0.15) is 4.88 Å². The third-order valence-corrected chi connectivity index (χ3v) is 2.10. The van der Waals surface area contributed by atoms with Crippen molar-refractivity contribution in [3.63, 3.8) is 0 Å². The van der Waals surface area contributed by atoms with Gasteiger partial charge in [0.1, 0.15) is 0 Å². The maximum atomic E-state index is 5.40. The average molecular weight is 181 g/mol. The average Bonchev–Trinajstić information content (AvgIpc) is 2.63. The Balaban J connectivity index is 2.14. The summed E-state index contributed by atoms with van der Waals surface area (Å²) < 4.78 is 0. The minimum absolute atomic E-state index is 0.444. The lowest BCUT2D eigenvalue weighted by atomic mass is 10.6. The van der Waals surface area contributed by atoms with Gasteiger partial charge in [-0.2, -0.15) is 9.90 Å². The van der Waals surface area contributed by atoms with E-state index in [1.807, 2.05) is 0 Å². The van der Waals surface area contributed by atoms with Crippen molar-refractivity contribution >= 4 is 17.2 Å². The molecule has 2 heterocycles. The molecule has 2 aromatic heterocycles. The molecule has 5 nitrogen and oxygen atoms in total. The van der Waals surface area contributed by atoms with E-state index in [2.05, 4.69) is 15.2 Å². The second-order valence-corrected chi connectivity index (χ2v) is 3.24. The topological polar surface area (TPSA) is 69.6 Å². The minimum atomic E-state index is 0.444. The van der Waals surface area contributed by atoms with Gasteiger partial charge in [-0.15, -0.1) is 16.4 Å². The number of rotatable bonds is 2. The molecule has 0 spiro atoms. The van der Waals surface area contributed by atoms with Gasteiger partial charge in [-0.3, -0.25) is 4.98 Å². The number of hydrogen-bond acceptors (Lipinski definition) is 5. The van der Waals surface area contributed by atoms with Crippen LogP contribution < -0.4 is 5.73 Å². The van der Waals surface area contributed by atoms with Gasteiger partial charge in [0.15, 0.2) is 5.82 Å². The molecule has 0 aliphatic carbocycles. The molecule has 0 unspecified atom stereocenters. The molecule has 0 aromatic carbocycles. The van der Waals surface area contributed by atoms with Crippen LogP contribution in [0.15, 0.2) is 17.9 Å². The van der Waals surface area contributed by atoms with E-state index in [1.54, 1.807) is 27.8 Å². The number of anilines is 1. The molecule has 62 valence electrons. The van der Waals surface area contributed by atoms with Crippen LogP contribution in [0.4, 0.5) is 5.82 Å². The summed E-state index contributed by atoms with van der Waals surface area (Å²) in [5.41, 5.74) is 7.18. The molecule has 12 heavy (non-hydrogen) atoms. The quantitative estimate of drug-likeness (QED) is 0.726. The van der Waals surface area contributed by atoms with Crippen LogP contribution in [0.3, 0.4) is 0 Å². The monoisotopic (exact) mass is 181 g/mol. The Hall–Kier alpha value is -1.43. The lowest BCUT2D eigenvalue weighted by Gasteiger charge is -1.93. The van der Waals surface area contributed by atoms with Gasteiger partial charge in [0.2, 0.25) is 0 Å². The molecular formula is C6H7N5S. The number of aromatic nitrogens is 4. The molecule has 0 aliphatic heterocycles. The summed E-state index contributed by atoms with van der Waals surface area (Å²) >= 11 is 1.57. The number of thiazole rings is 1. The summed E-state index contributed by atoms with van der Waals surface area (Å²) in [6, 6.07) is 0. The Kier molecular flexibility index (Phi) is 1.75. The van der Waals surface area contributed by atoms with Crippen molar-refractivity contribution < 1.29 is 0 Å². The highest BCUT2D eigenvalue weighted by molar-refractivity contribution is 7.09. The molecule has 0 bridgehead atoms. The summed E-state index contributed by atoms with van der Waals surface area (Å²) in [7, 11) is 0. The van der Waals surface area contributed by atoms with Crippen LogP contribution in [-0.2, 0) is 6.54 Å². The molecule has 2 aromatic rings. The van der Waals surface area contributed by atoms with Gasteiger partial charge < -0.3 is 5.73 Å². The van der Waals surface area contributed by atoms with Gasteiger partial charge in [0.05, 0.1) is 18.3 Å². The van der Waals surface area contributed by atoms with Gasteiger partial charge >= 0.3 is 0 Å². The lowest BCUT2D eigenvalue weighted by Crippen LogP contribution is -2.02. The van der Waals surface area contributed by atoms with Crippen LogP contribution >= 0.6 is 11.3 Å². The van der Waals surface area contributed by atoms with E-state index in [0.29, 0.717) is 12.4 Å². The van der Waals surface area contributed by atoms with Crippen molar-refractivity contribution in [2.75, 3.05) is 5.73 Å². The van der Waals surface area contributed by atoms with Crippen LogP contribution in [0.5, 0.6) is 0 Å². The zero-order valence-electron chi connectivity index (χ0n) is 6.21. The Morgan fingerprint density at radius 3 is 3.00 bits per heavy atom. The van der Waals surface area contributed by atoms with E-state index in [0.717, 1.165) is 4.88 Å². The molecule has 0 fully saturated rings. The third kappa shape index (κ3) is 1.42. The van der Waals surface area contributed by atoms with Crippen molar-refractivity contribution in [2.45, 2.75) is 6.54 Å². The highest BCUT2D eigenvalue weighted by Crippen LogP contribution is 2.06. The van der Waals surface area contributed by atoms with E-state index < -0.39 is 0 Å². The van der Waals surface area contributed by atoms with Gasteiger partial charge in [-0.05, 0) is 0 Å². The molecule has 0 aliphatic rings. The molecule has 0 saturated carbocycles. The van der Waals surface area contributed by atoms with Gasteiger partial charge in [-0.1, -0.05) is 0 Å². The highest BCUT2D eigenvalue weighted by atomic mass is 32.1. The third-order valence-electron chi connectivity index (χ3n) is 1.33. The first-order chi connectivity index (χ1) is 5.84. The molecule has 6 heteroatoms. The summed E-state index contributed by atoms with van der Waals surface area (Å²) in [5, 5.41) is 7.90. The minimum Gasteiger partial charge on any atom is -0.381 e. The summed E-state index contributed by atoms with van der Waals surface area (Å²) in [4.78, 5) is 6.60. The van der Waals surface area contributed by atoms with Crippen LogP contribution in [-0.4, -0.2) is 20.0 Å². The van der Waals surface area contributed by atoms with Crippen molar-refractivity contribution in [1.29, 1.82) is 0 Å². The van der Waals surface area contributed by atoms with Gasteiger partial charge in [0, 0.05) is 11.1 Å². The molecule has 0 atom stereocenters. The van der Waals surface area contributed by atoms with Crippen molar-refractivity contribution in [1.82, 2.24) is 20.0 Å². The molecule has 2 N–H and O–H groups in total. The van der Waals surface area contributed by atoms with Crippen molar-refractivity contribution in [2.24, 2.45) is 0 Å². The predicted molar refractivity (Wildman–Crippen MR) is 45.7 cm³/mol. The first-order valence-corrected chi connectivity index (χ1v) is 4.25. The zero-order chi connectivity index (χ0) is 8.39. The van der Waals surface area contributed by atoms with E-state index in [1.165, 1.54) is 6.20 Å². The number of nitrogens with zero attached hydrogens (tertiary/aromatic N) is 4. The summed E-state index contributed by atoms with van der Waals surface area (Å²) in [5.74, 6) is 0.444. The summed E-state index contributed by atoms with van der Waals surface area (Å²) in [6.07, 6.45) is 3.32. The molecular weight excluding hydrogens is 174 g/mol. The van der Waals surface area contributed by atoms with Crippen LogP contribution in [0, 0.1) is 0 Å². The van der Waals surface area contributed by atoms with E-state index in [4.69, 9.17) is 5.73 Å². The number of hydrogen-bond donors (Lipinski definition) is 1. The Morgan fingerprint density at radius 1 is 1.50 bits per heavy atom. The second-order valence-electron chi connectivity index (χ2n) is 2.27. The molecule has 0 amide bonds. The Bertz CT molecular complexity index is 352. The van der Waals surface area contributed by atoms with E-state index >= 15 is 0 Å². The lowest BCUT2D eigenvalue weighted by molar-refractivity contribution is 0.598. The molecule has 2 rings (SSSR count). The van der Waals surface area contributed by atoms with Crippen LogP contribution in [0.2, 0.25) is 0 Å². The summed E-state index contributed by atoms with van der Waals surface area (Å²) in [6.45, 7) is 0.641. The zero-order valence-corrected chi connectivity index (χ0v) is 7.03. The Labute approximate surface area is 72.8 Å². The maximum Gasteiger partial charge on any atom is 0.165 e. The highest BCUT2D eigenvalue weighted by Gasteiger charge is 1.98. The first-order valence-electron chi connectivity index (χ1n) is 3.37. The first kappa shape index (κ1) is 7.23. The smallest absolute Gasteiger partial charge is 0.165 e. The maximum absolute atomic E-state index is 5.40. The number of nitrogens with two attached hydrogens (primary N) is 1. The fourth-order valence-corrected chi connectivity index (χ4v) is 1.42. The van der Waals surface area contributed by atoms with Gasteiger partial charge in [0.25, 0.3) is 0 Å². The predicted octanol–water partition coefficient (Wildman–Crippen LogP) is 0.365. The number of nitrogen functional groups attached to an aromatic ring is 1. The normalized spacial score (nSPS) is 10.3. The van der Waals surface area contributed by atoms with Gasteiger partial charge in [-0.25, -0.2) is 0 Å². The SMILES string of the molecule is Nc1cnn(Cc2cncs2)n1. The molecule has 0 radical (unpaired) electrons. The molecule has 0 saturated heterocycles. The standard InChI is InChI=1S/C6H7N5S/c7-6-2-9-11(10-6)3-5-1-8-4-12-5/h1-2,4H,3H2,(H2,7,10). The second kappa shape index (κ2) is 2.90. The van der Waals surface area contributed by atoms with Crippen molar-refractivity contribution in [3.05, 3.63) is 22.8 Å². The van der Waals surface area contributed by atoms with Crippen molar-refractivity contribution in [3.8, 4) is 0 Å². The fourth-order valence-electron chi connectivity index (χ4n) is 0.847. The van der Waals surface area contributed by atoms with E-state index in [-0.39, 0.29) is 0 Å². The van der Waals surface area contributed by atoms with Crippen LogP contribution in [0.25, 0.3) is 0 Å². The van der Waals surface area contributed by atoms with E-state index in [9.17, 15) is 0 Å².